The van der Waals surface area contributed by atoms with Crippen LogP contribution in [0.3, 0.4) is 0 Å². The molecule has 2 heterocycles. The van der Waals surface area contributed by atoms with Crippen LogP contribution in [0.1, 0.15) is 58.9 Å². The molecule has 4 nitrogen and oxygen atoms in total. The third kappa shape index (κ3) is 3.59. The third-order valence-electron chi connectivity index (χ3n) is 6.56. The summed E-state index contributed by atoms with van der Waals surface area (Å²) in [6.45, 7) is 0.693. The van der Waals surface area contributed by atoms with E-state index in [2.05, 4.69) is 4.98 Å². The number of imidazole rings is 1. The second-order valence-corrected chi connectivity index (χ2v) is 8.53. The van der Waals surface area contributed by atoms with Crippen LogP contribution in [0.15, 0.2) is 42.5 Å². The van der Waals surface area contributed by atoms with Crippen LogP contribution in [0.25, 0.3) is 11.4 Å². The quantitative estimate of drug-likeness (QED) is 0.613. The van der Waals surface area contributed by atoms with Crippen molar-refractivity contribution < 1.29 is 18.7 Å². The second kappa shape index (κ2) is 8.00. The molecule has 0 radical (unpaired) electrons. The molecule has 160 valence electrons. The molecule has 1 aliphatic heterocycles. The van der Waals surface area contributed by atoms with Crippen molar-refractivity contribution in [3.05, 3.63) is 76.6 Å². The van der Waals surface area contributed by atoms with E-state index >= 15 is 0 Å². The zero-order valence-corrected chi connectivity index (χ0v) is 17.2. The Morgan fingerprint density at radius 2 is 1.94 bits per heavy atom. The predicted octanol–water partition coefficient (Wildman–Crippen LogP) is 4.83. The molecule has 2 atom stereocenters. The number of hydrogen-bond donors (Lipinski definition) is 1. The molecular formula is C25H24F2N2O2. The Bertz CT molecular complexity index is 1150. The molecule has 0 saturated carbocycles. The Balaban J connectivity index is 1.52. The van der Waals surface area contributed by atoms with E-state index in [1.165, 1.54) is 6.07 Å². The van der Waals surface area contributed by atoms with E-state index in [0.717, 1.165) is 54.6 Å². The summed E-state index contributed by atoms with van der Waals surface area (Å²) in [4.78, 5) is 18.0. The monoisotopic (exact) mass is 422 g/mol. The lowest BCUT2D eigenvalue weighted by Crippen LogP contribution is -2.18. The third-order valence-corrected chi connectivity index (χ3v) is 6.56. The summed E-state index contributed by atoms with van der Waals surface area (Å²) in [5.41, 5.74) is 3.84. The van der Waals surface area contributed by atoms with Crippen LogP contribution >= 0.6 is 0 Å². The minimum Gasteiger partial charge on any atom is -0.392 e. The minimum absolute atomic E-state index is 0.111. The van der Waals surface area contributed by atoms with Gasteiger partial charge in [0, 0.05) is 30.1 Å². The number of halogens is 2. The van der Waals surface area contributed by atoms with Gasteiger partial charge in [-0.25, -0.2) is 13.8 Å². The van der Waals surface area contributed by atoms with Gasteiger partial charge in [0.1, 0.15) is 11.5 Å². The number of aliphatic hydroxyl groups is 1. The summed E-state index contributed by atoms with van der Waals surface area (Å²) in [7, 11) is 0. The summed E-state index contributed by atoms with van der Waals surface area (Å²) >= 11 is 0. The molecule has 2 aliphatic rings. The number of nitrogens with zero attached hydrogens (tertiary/aromatic N) is 2. The molecule has 31 heavy (non-hydrogen) atoms. The molecule has 2 aromatic carbocycles. The summed E-state index contributed by atoms with van der Waals surface area (Å²) < 4.78 is 29.3. The van der Waals surface area contributed by atoms with Crippen LogP contribution in [-0.4, -0.2) is 26.5 Å². The molecule has 1 aromatic heterocycles. The Morgan fingerprint density at radius 1 is 1.10 bits per heavy atom. The molecule has 6 heteroatoms. The van der Waals surface area contributed by atoms with E-state index in [-0.39, 0.29) is 18.1 Å². The van der Waals surface area contributed by atoms with E-state index in [9.17, 15) is 18.7 Å². The van der Waals surface area contributed by atoms with Crippen LogP contribution in [0.5, 0.6) is 0 Å². The van der Waals surface area contributed by atoms with E-state index in [0.29, 0.717) is 30.0 Å². The van der Waals surface area contributed by atoms with Gasteiger partial charge in [-0.15, -0.1) is 0 Å². The summed E-state index contributed by atoms with van der Waals surface area (Å²) in [5.74, 6) is -1.69. The normalized spacial score (nSPS) is 20.2. The molecule has 1 N–H and O–H groups in total. The van der Waals surface area contributed by atoms with Gasteiger partial charge in [-0.1, -0.05) is 30.7 Å². The number of carbonyl (C=O) groups excluding carboxylic acids is 1. The van der Waals surface area contributed by atoms with Crippen molar-refractivity contribution in [1.82, 2.24) is 9.55 Å². The fourth-order valence-electron chi connectivity index (χ4n) is 5.00. The molecule has 0 unspecified atom stereocenters. The number of benzene rings is 2. The maximum atomic E-state index is 13.9. The molecule has 0 amide bonds. The highest BCUT2D eigenvalue weighted by atomic mass is 19.2. The van der Waals surface area contributed by atoms with Gasteiger partial charge >= 0.3 is 0 Å². The Morgan fingerprint density at radius 3 is 2.77 bits per heavy atom. The van der Waals surface area contributed by atoms with E-state index in [1.54, 1.807) is 0 Å². The fraction of sp³-hybridized carbons (Fsp3) is 0.360. The van der Waals surface area contributed by atoms with Gasteiger partial charge in [-0.2, -0.15) is 0 Å². The van der Waals surface area contributed by atoms with Crippen molar-refractivity contribution in [3.8, 4) is 11.4 Å². The molecular weight excluding hydrogens is 398 g/mol. The highest BCUT2D eigenvalue weighted by Crippen LogP contribution is 2.37. The fourth-order valence-corrected chi connectivity index (χ4v) is 5.00. The predicted molar refractivity (Wildman–Crippen MR) is 113 cm³/mol. The van der Waals surface area contributed by atoms with Gasteiger partial charge in [0.15, 0.2) is 17.4 Å². The summed E-state index contributed by atoms with van der Waals surface area (Å²) in [6, 6.07) is 11.6. The topological polar surface area (TPSA) is 55.1 Å². The molecule has 5 rings (SSSR count). The lowest BCUT2D eigenvalue weighted by molar-refractivity contribution is 0.0915. The van der Waals surface area contributed by atoms with Gasteiger partial charge in [-0.05, 0) is 55.0 Å². The Kier molecular flexibility index (Phi) is 5.18. The number of hydrogen-bond acceptors (Lipinski definition) is 3. The number of fused-ring (bicyclic) bond motifs is 2. The maximum absolute atomic E-state index is 13.9. The average molecular weight is 422 g/mol. The second-order valence-electron chi connectivity index (χ2n) is 8.53. The lowest BCUT2D eigenvalue weighted by Gasteiger charge is -2.15. The van der Waals surface area contributed by atoms with E-state index in [4.69, 9.17) is 0 Å². The smallest absolute Gasteiger partial charge is 0.183 e. The number of Topliss-reactive ketones (excluding diaryl/α,β-unsaturated/α-hetero) is 1. The van der Waals surface area contributed by atoms with Crippen LogP contribution in [0.4, 0.5) is 8.78 Å². The summed E-state index contributed by atoms with van der Waals surface area (Å²) in [6.07, 6.45) is 3.81. The molecule has 3 aromatic rings. The van der Waals surface area contributed by atoms with Crippen LogP contribution in [-0.2, 0) is 19.4 Å². The van der Waals surface area contributed by atoms with Gasteiger partial charge < -0.3 is 9.67 Å². The minimum atomic E-state index is -0.929. The Hall–Kier alpha value is -2.86. The molecule has 0 bridgehead atoms. The van der Waals surface area contributed by atoms with Gasteiger partial charge in [0.2, 0.25) is 0 Å². The van der Waals surface area contributed by atoms with Crippen LogP contribution < -0.4 is 0 Å². The highest BCUT2D eigenvalue weighted by Gasteiger charge is 2.34. The van der Waals surface area contributed by atoms with Gasteiger partial charge in [0.25, 0.3) is 0 Å². The number of carbonyl (C=O) groups is 1. The molecule has 0 spiro atoms. The van der Waals surface area contributed by atoms with Gasteiger partial charge in [0.05, 0.1) is 6.10 Å². The number of aromatic nitrogens is 2. The molecule has 0 fully saturated rings. The van der Waals surface area contributed by atoms with Crippen molar-refractivity contribution in [2.24, 2.45) is 0 Å². The Labute approximate surface area is 179 Å². The van der Waals surface area contributed by atoms with E-state index < -0.39 is 17.7 Å². The van der Waals surface area contributed by atoms with Crippen LogP contribution in [0.2, 0.25) is 0 Å². The van der Waals surface area contributed by atoms with Crippen molar-refractivity contribution >= 4 is 5.78 Å². The first-order valence-electron chi connectivity index (χ1n) is 10.9. The van der Waals surface area contributed by atoms with Crippen molar-refractivity contribution in [2.75, 3.05) is 0 Å². The number of aliphatic hydroxyl groups excluding tert-OH is 1. The lowest BCUT2D eigenvalue weighted by atomic mass is 9.92. The first-order chi connectivity index (χ1) is 15.0. The SMILES string of the molecule is O=C(C[C@H]1c2ccccc2C[C@H]1O)c1nc(-c2ccc(F)c(F)c2)n2c1CCCCC2. The molecule has 1 aliphatic carbocycles. The standard InChI is InChI=1S/C25H24F2N2O2/c26-19-10-9-16(12-20(19)27)25-28-24(21-8-2-1-5-11-29(21)25)23(31)14-18-17-7-4-3-6-15(17)13-22(18)30/h3-4,6-7,9-10,12,18,22,30H,1-2,5,8,11,13-14H2/t18-,22+/m0/s1. The zero-order valence-electron chi connectivity index (χ0n) is 17.2. The van der Waals surface area contributed by atoms with Gasteiger partial charge in [-0.3, -0.25) is 4.79 Å². The average Bonchev–Trinajstić information content (AvgIpc) is 3.16. The van der Waals surface area contributed by atoms with Crippen LogP contribution in [0, 0.1) is 11.6 Å². The molecule has 0 saturated heterocycles. The van der Waals surface area contributed by atoms with Crippen molar-refractivity contribution in [2.45, 2.75) is 57.1 Å². The first-order valence-corrected chi connectivity index (χ1v) is 10.9. The summed E-state index contributed by atoms with van der Waals surface area (Å²) in [5, 5.41) is 10.6. The first kappa shape index (κ1) is 20.1. The van der Waals surface area contributed by atoms with E-state index in [1.807, 2.05) is 28.8 Å². The number of ketones is 1. The number of rotatable bonds is 4. The zero-order chi connectivity index (χ0) is 21.5. The van der Waals surface area contributed by atoms with Crippen molar-refractivity contribution in [1.29, 1.82) is 0 Å². The maximum Gasteiger partial charge on any atom is 0.183 e. The van der Waals surface area contributed by atoms with Crippen molar-refractivity contribution in [3.63, 3.8) is 0 Å². The highest BCUT2D eigenvalue weighted by molar-refractivity contribution is 5.96. The largest absolute Gasteiger partial charge is 0.392 e.